The van der Waals surface area contributed by atoms with E-state index in [9.17, 15) is 13.2 Å². The number of carbonyl (C=O) groups is 1. The molecule has 4 rings (SSSR count). The van der Waals surface area contributed by atoms with E-state index in [0.29, 0.717) is 35.5 Å². The van der Waals surface area contributed by atoms with Crippen LogP contribution in [0.25, 0.3) is 0 Å². The molecule has 0 saturated carbocycles. The molecule has 0 aliphatic carbocycles. The van der Waals surface area contributed by atoms with Crippen molar-refractivity contribution < 1.29 is 17.9 Å². The number of hydrogen-bond donors (Lipinski definition) is 1. The van der Waals surface area contributed by atoms with E-state index in [2.05, 4.69) is 14.3 Å². The van der Waals surface area contributed by atoms with Crippen molar-refractivity contribution >= 4 is 27.5 Å². The van der Waals surface area contributed by atoms with Gasteiger partial charge in [-0.25, -0.2) is 13.4 Å². The summed E-state index contributed by atoms with van der Waals surface area (Å²) in [7, 11) is -3.57. The molecular formula is C23H28N4O4S. The monoisotopic (exact) mass is 456 g/mol. The van der Waals surface area contributed by atoms with Crippen LogP contribution in [0.1, 0.15) is 54.1 Å². The van der Waals surface area contributed by atoms with E-state index in [-0.39, 0.29) is 23.3 Å². The highest BCUT2D eigenvalue weighted by molar-refractivity contribution is 7.89. The van der Waals surface area contributed by atoms with Crippen molar-refractivity contribution in [2.75, 3.05) is 24.6 Å². The van der Waals surface area contributed by atoms with Crippen molar-refractivity contribution in [3.63, 3.8) is 0 Å². The van der Waals surface area contributed by atoms with Crippen LogP contribution in [0.15, 0.2) is 40.9 Å². The maximum absolute atomic E-state index is 12.0. The highest BCUT2D eigenvalue weighted by Crippen LogP contribution is 2.29. The van der Waals surface area contributed by atoms with Gasteiger partial charge in [-0.3, -0.25) is 4.79 Å². The molecule has 0 radical (unpaired) electrons. The number of nitrogens with zero attached hydrogens (tertiary/aromatic N) is 3. The molecule has 8 nitrogen and oxygen atoms in total. The van der Waals surface area contributed by atoms with Crippen LogP contribution in [-0.2, 0) is 15.8 Å². The minimum atomic E-state index is -3.57. The first-order valence-electron chi connectivity index (χ1n) is 10.9. The SMILES string of the molecule is CCCC(=O)c1ccc(N2CCC[C@H](COc3cccc4c3C(N)=NS(=O)(=O)C4)C2)nc1. The fourth-order valence-electron chi connectivity index (χ4n) is 4.26. The van der Waals surface area contributed by atoms with Gasteiger partial charge in [0, 0.05) is 37.2 Å². The van der Waals surface area contributed by atoms with Gasteiger partial charge >= 0.3 is 0 Å². The fourth-order valence-corrected chi connectivity index (χ4v) is 5.35. The molecule has 0 unspecified atom stereocenters. The summed E-state index contributed by atoms with van der Waals surface area (Å²) in [6.07, 6.45) is 5.07. The molecule has 1 aromatic carbocycles. The zero-order chi connectivity index (χ0) is 22.7. The number of ether oxygens (including phenoxy) is 1. The maximum atomic E-state index is 12.0. The van der Waals surface area contributed by atoms with Crippen molar-refractivity contribution in [2.45, 2.75) is 38.4 Å². The summed E-state index contributed by atoms with van der Waals surface area (Å²) in [6.45, 7) is 4.18. The number of rotatable bonds is 7. The van der Waals surface area contributed by atoms with Crippen LogP contribution < -0.4 is 15.4 Å². The number of benzene rings is 1. The van der Waals surface area contributed by atoms with Crippen LogP contribution in [0.4, 0.5) is 5.82 Å². The molecule has 1 fully saturated rings. The standard InChI is InChI=1S/C23H28N4O4S/c1-2-5-19(28)17-9-10-21(25-12-17)27-11-4-6-16(13-27)14-31-20-8-3-7-18-15-32(29,30)26-23(24)22(18)20/h3,7-10,12,16H,2,4-6,11,13-15H2,1H3,(H2,24,26)/t16-/m0/s1. The molecular weight excluding hydrogens is 428 g/mol. The summed E-state index contributed by atoms with van der Waals surface area (Å²) in [4.78, 5) is 18.8. The van der Waals surface area contributed by atoms with E-state index in [4.69, 9.17) is 10.5 Å². The molecule has 3 heterocycles. The summed E-state index contributed by atoms with van der Waals surface area (Å²) in [6, 6.07) is 9.09. The summed E-state index contributed by atoms with van der Waals surface area (Å²) in [5.74, 6) is 1.65. The Bertz CT molecular complexity index is 1130. The number of hydrogen-bond acceptors (Lipinski definition) is 7. The minimum Gasteiger partial charge on any atom is -0.492 e. The highest BCUT2D eigenvalue weighted by atomic mass is 32.2. The molecule has 9 heteroatoms. The van der Waals surface area contributed by atoms with Gasteiger partial charge < -0.3 is 15.4 Å². The van der Waals surface area contributed by atoms with Crippen LogP contribution in [0.2, 0.25) is 0 Å². The second kappa shape index (κ2) is 9.28. The number of pyridine rings is 1. The molecule has 2 aromatic rings. The molecule has 2 aliphatic heterocycles. The van der Waals surface area contributed by atoms with Crippen molar-refractivity contribution in [1.82, 2.24) is 4.98 Å². The summed E-state index contributed by atoms with van der Waals surface area (Å²) in [5, 5.41) is 0. The van der Waals surface area contributed by atoms with Crippen molar-refractivity contribution in [2.24, 2.45) is 16.0 Å². The average molecular weight is 457 g/mol. The predicted molar refractivity (Wildman–Crippen MR) is 124 cm³/mol. The number of amidine groups is 1. The molecule has 2 aliphatic rings. The van der Waals surface area contributed by atoms with Crippen LogP contribution in [0, 0.1) is 5.92 Å². The zero-order valence-electron chi connectivity index (χ0n) is 18.2. The number of fused-ring (bicyclic) bond motifs is 1. The average Bonchev–Trinajstić information content (AvgIpc) is 2.77. The Morgan fingerprint density at radius 1 is 1.28 bits per heavy atom. The Hall–Kier alpha value is -2.94. The molecule has 32 heavy (non-hydrogen) atoms. The normalized spacial score (nSPS) is 19.7. The van der Waals surface area contributed by atoms with Gasteiger partial charge in [0.15, 0.2) is 5.78 Å². The predicted octanol–water partition coefficient (Wildman–Crippen LogP) is 2.91. The molecule has 1 saturated heterocycles. The van der Waals surface area contributed by atoms with E-state index >= 15 is 0 Å². The second-order valence-corrected chi connectivity index (χ2v) is 9.97. The van der Waals surface area contributed by atoms with Gasteiger partial charge in [0.05, 0.1) is 17.9 Å². The van der Waals surface area contributed by atoms with E-state index in [1.807, 2.05) is 19.1 Å². The van der Waals surface area contributed by atoms with Gasteiger partial charge in [0.2, 0.25) is 0 Å². The van der Waals surface area contributed by atoms with Crippen LogP contribution >= 0.6 is 0 Å². The van der Waals surface area contributed by atoms with Crippen molar-refractivity contribution in [3.8, 4) is 5.75 Å². The molecule has 1 aromatic heterocycles. The molecule has 170 valence electrons. The number of sulfonamides is 1. The molecule has 0 bridgehead atoms. The molecule has 1 atom stereocenters. The first kappa shape index (κ1) is 22.3. The second-order valence-electron chi connectivity index (χ2n) is 8.34. The third kappa shape index (κ3) is 4.93. The van der Waals surface area contributed by atoms with Gasteiger partial charge in [0.1, 0.15) is 17.4 Å². The third-order valence-electron chi connectivity index (χ3n) is 5.81. The number of aromatic nitrogens is 1. The lowest BCUT2D eigenvalue weighted by Crippen LogP contribution is -2.38. The van der Waals surface area contributed by atoms with Gasteiger partial charge in [0.25, 0.3) is 10.0 Å². The first-order valence-corrected chi connectivity index (χ1v) is 12.5. The minimum absolute atomic E-state index is 0.0194. The smallest absolute Gasteiger partial charge is 0.259 e. The fraction of sp³-hybridized carbons (Fsp3) is 0.435. The third-order valence-corrected chi connectivity index (χ3v) is 6.96. The molecule has 2 N–H and O–H groups in total. The summed E-state index contributed by atoms with van der Waals surface area (Å²) in [5.41, 5.74) is 7.77. The molecule has 0 amide bonds. The topological polar surface area (TPSA) is 115 Å². The van der Waals surface area contributed by atoms with Crippen molar-refractivity contribution in [3.05, 3.63) is 53.2 Å². The lowest BCUT2D eigenvalue weighted by Gasteiger charge is -2.33. The van der Waals surface area contributed by atoms with Crippen LogP contribution in [-0.4, -0.2) is 44.7 Å². The lowest BCUT2D eigenvalue weighted by atomic mass is 9.98. The summed E-state index contributed by atoms with van der Waals surface area (Å²) < 4.78 is 33.5. The van der Waals surface area contributed by atoms with E-state index in [1.54, 1.807) is 24.4 Å². The van der Waals surface area contributed by atoms with E-state index < -0.39 is 10.0 Å². The van der Waals surface area contributed by atoms with Gasteiger partial charge in [-0.05, 0) is 43.0 Å². The van der Waals surface area contributed by atoms with E-state index in [1.165, 1.54) is 0 Å². The first-order chi connectivity index (χ1) is 15.4. The Morgan fingerprint density at radius 3 is 2.88 bits per heavy atom. The Labute approximate surface area is 188 Å². The Kier molecular flexibility index (Phi) is 6.45. The highest BCUT2D eigenvalue weighted by Gasteiger charge is 2.26. The quantitative estimate of drug-likeness (QED) is 0.637. The number of piperidine rings is 1. The number of carbonyl (C=O) groups excluding carboxylic acids is 1. The number of Topliss-reactive ketones (excluding diaryl/α,β-unsaturated/α-hetero) is 1. The van der Waals surface area contributed by atoms with Gasteiger partial charge in [-0.15, -0.1) is 4.40 Å². The van der Waals surface area contributed by atoms with Gasteiger partial charge in [-0.2, -0.15) is 0 Å². The Morgan fingerprint density at radius 2 is 2.12 bits per heavy atom. The van der Waals surface area contributed by atoms with Gasteiger partial charge in [-0.1, -0.05) is 19.1 Å². The largest absolute Gasteiger partial charge is 0.492 e. The van der Waals surface area contributed by atoms with E-state index in [0.717, 1.165) is 38.2 Å². The van der Waals surface area contributed by atoms with Crippen LogP contribution in [0.5, 0.6) is 5.75 Å². The molecule has 0 spiro atoms. The summed E-state index contributed by atoms with van der Waals surface area (Å²) >= 11 is 0. The number of nitrogens with two attached hydrogens (primary N) is 1. The Balaban J connectivity index is 1.41. The zero-order valence-corrected chi connectivity index (χ0v) is 19.0. The van der Waals surface area contributed by atoms with Crippen LogP contribution in [0.3, 0.4) is 0 Å². The number of ketones is 1. The number of anilines is 1. The van der Waals surface area contributed by atoms with Crippen molar-refractivity contribution in [1.29, 1.82) is 0 Å². The lowest BCUT2D eigenvalue weighted by molar-refractivity contribution is 0.0981. The maximum Gasteiger partial charge on any atom is 0.259 e.